The summed E-state index contributed by atoms with van der Waals surface area (Å²) in [5.41, 5.74) is 0. The summed E-state index contributed by atoms with van der Waals surface area (Å²) in [5.74, 6) is 0. The molecule has 0 aliphatic carbocycles. The Morgan fingerprint density at radius 3 is 0.905 bits per heavy atom. The van der Waals surface area contributed by atoms with E-state index in [0.717, 1.165) is 0 Å². The smallest absolute Gasteiger partial charge is 0 e. The maximum atomic E-state index is 2.23. The van der Waals surface area contributed by atoms with Crippen LogP contribution in [-0.4, -0.2) is 5.48 Å². The van der Waals surface area contributed by atoms with Gasteiger partial charge in [0.15, 0.2) is 0 Å². The van der Waals surface area contributed by atoms with E-state index in [4.69, 9.17) is 0 Å². The fourth-order valence-electron chi connectivity index (χ4n) is 2.18. The van der Waals surface area contributed by atoms with E-state index in [1.54, 1.807) is 0 Å². The Morgan fingerprint density at radius 2 is 0.667 bits per heavy atom. The van der Waals surface area contributed by atoms with Crippen molar-refractivity contribution in [2.75, 3.05) is 0 Å². The largest absolute Gasteiger partial charge is 0.412 e. The van der Waals surface area contributed by atoms with Gasteiger partial charge in [-0.25, -0.2) is 0 Å². The van der Waals surface area contributed by atoms with Crippen LogP contribution >= 0.6 is 7.92 Å². The van der Waals surface area contributed by atoms with Gasteiger partial charge in [0.05, 0.1) is 0 Å². The van der Waals surface area contributed by atoms with E-state index in [0.29, 0.717) is 0 Å². The number of rotatable bonds is 3. The molecule has 2 N–H and O–H groups in total. The molecule has 109 valence electrons. The Bertz CT molecular complexity index is 535. The van der Waals surface area contributed by atoms with Crippen molar-refractivity contribution in [3.05, 3.63) is 91.0 Å². The van der Waals surface area contributed by atoms with Crippen molar-refractivity contribution in [2.24, 2.45) is 0 Å². The van der Waals surface area contributed by atoms with Crippen molar-refractivity contribution in [1.82, 2.24) is 0 Å². The first-order chi connectivity index (χ1) is 9.45. The maximum absolute atomic E-state index is 2.23. The molecule has 0 fully saturated rings. The molecule has 0 spiro atoms. The molecule has 0 saturated heterocycles. The van der Waals surface area contributed by atoms with Crippen LogP contribution in [0.4, 0.5) is 0 Å². The summed E-state index contributed by atoms with van der Waals surface area (Å²) in [4.78, 5) is 0. The molecule has 0 saturated carbocycles. The predicted molar refractivity (Wildman–Crippen MR) is 88.8 cm³/mol. The van der Waals surface area contributed by atoms with Gasteiger partial charge in [-0.2, -0.15) is 0 Å². The fraction of sp³-hybridized carbons (Fsp3) is 0. The van der Waals surface area contributed by atoms with Crippen LogP contribution in [0.15, 0.2) is 91.0 Å². The van der Waals surface area contributed by atoms with Gasteiger partial charge in [-0.1, -0.05) is 91.0 Å². The monoisotopic (exact) mass is 383 g/mol. The van der Waals surface area contributed by atoms with Gasteiger partial charge < -0.3 is 5.48 Å². The second-order valence-electron chi connectivity index (χ2n) is 4.34. The van der Waals surface area contributed by atoms with Crippen LogP contribution in [0.3, 0.4) is 0 Å². The van der Waals surface area contributed by atoms with E-state index in [-0.39, 0.29) is 25.0 Å². The molecule has 0 bridgehead atoms. The number of hydrogen-bond donors (Lipinski definition) is 0. The molecule has 0 amide bonds. The van der Waals surface area contributed by atoms with E-state index >= 15 is 0 Å². The van der Waals surface area contributed by atoms with Gasteiger partial charge >= 0.3 is 0 Å². The summed E-state index contributed by atoms with van der Waals surface area (Å²) >= 11 is 0. The number of benzene rings is 3. The van der Waals surface area contributed by atoms with Crippen molar-refractivity contribution >= 4 is 23.8 Å². The average molecular weight is 383 g/mol. The summed E-state index contributed by atoms with van der Waals surface area (Å²) in [6.45, 7) is 0. The van der Waals surface area contributed by atoms with Gasteiger partial charge in [0.1, 0.15) is 0 Å². The third-order valence-corrected chi connectivity index (χ3v) is 5.49. The molecular formula is C18H17OPRh. The minimum atomic E-state index is -0.446. The molecule has 1 radical (unpaired) electrons. The van der Waals surface area contributed by atoms with Gasteiger partial charge in [0, 0.05) is 19.5 Å². The second-order valence-corrected chi connectivity index (χ2v) is 6.56. The van der Waals surface area contributed by atoms with Crippen molar-refractivity contribution < 1.29 is 25.0 Å². The van der Waals surface area contributed by atoms with E-state index in [2.05, 4.69) is 91.0 Å². The van der Waals surface area contributed by atoms with Crippen LogP contribution in [-0.2, 0) is 19.5 Å². The minimum Gasteiger partial charge on any atom is -0.412 e. The van der Waals surface area contributed by atoms with Crippen molar-refractivity contribution in [3.8, 4) is 0 Å². The minimum absolute atomic E-state index is 0. The van der Waals surface area contributed by atoms with E-state index in [1.807, 2.05) is 0 Å². The molecule has 3 aromatic carbocycles. The van der Waals surface area contributed by atoms with Crippen molar-refractivity contribution in [3.63, 3.8) is 0 Å². The molecule has 1 nitrogen and oxygen atoms in total. The van der Waals surface area contributed by atoms with Crippen LogP contribution in [0.25, 0.3) is 0 Å². The molecule has 0 aliphatic rings. The van der Waals surface area contributed by atoms with Crippen LogP contribution in [0.1, 0.15) is 0 Å². The first kappa shape index (κ1) is 17.7. The zero-order chi connectivity index (χ0) is 12.9. The molecule has 3 heteroatoms. The standard InChI is InChI=1S/C18H15P.H2O.Rh/c1-4-10-16(11-5-1)19(17-12-6-2-7-13-17)18-14-8-3-9-15-18;;/h1-15H;1H2;. The normalized spacial score (nSPS) is 9.57. The molecule has 0 atom stereocenters. The molecule has 0 unspecified atom stereocenters. The van der Waals surface area contributed by atoms with Crippen LogP contribution in [0, 0.1) is 0 Å². The van der Waals surface area contributed by atoms with E-state index in [9.17, 15) is 0 Å². The summed E-state index contributed by atoms with van der Waals surface area (Å²) < 4.78 is 0. The molecule has 21 heavy (non-hydrogen) atoms. The van der Waals surface area contributed by atoms with Crippen LogP contribution < -0.4 is 15.9 Å². The third-order valence-electron chi connectivity index (χ3n) is 3.04. The molecule has 0 aliphatic heterocycles. The maximum Gasteiger partial charge on any atom is 0 e. The molecule has 3 aromatic rings. The van der Waals surface area contributed by atoms with Crippen molar-refractivity contribution in [1.29, 1.82) is 0 Å². The predicted octanol–water partition coefficient (Wildman–Crippen LogP) is 2.62. The van der Waals surface area contributed by atoms with Gasteiger partial charge in [-0.3, -0.25) is 0 Å². The zero-order valence-corrected chi connectivity index (χ0v) is 14.0. The molecular weight excluding hydrogens is 366 g/mol. The molecule has 0 aromatic heterocycles. The Hall–Kier alpha value is -1.33. The summed E-state index contributed by atoms with van der Waals surface area (Å²) in [6.07, 6.45) is 0. The zero-order valence-electron chi connectivity index (χ0n) is 11.4. The average Bonchev–Trinajstić information content (AvgIpc) is 2.51. The fourth-order valence-corrected chi connectivity index (χ4v) is 4.48. The Morgan fingerprint density at radius 1 is 0.429 bits per heavy atom. The van der Waals surface area contributed by atoms with E-state index < -0.39 is 7.92 Å². The molecule has 3 rings (SSSR count). The third kappa shape index (κ3) is 4.32. The summed E-state index contributed by atoms with van der Waals surface area (Å²) in [5, 5.41) is 4.19. The summed E-state index contributed by atoms with van der Waals surface area (Å²) in [6, 6.07) is 32.3. The Kier molecular flexibility index (Phi) is 7.47. The van der Waals surface area contributed by atoms with E-state index in [1.165, 1.54) is 15.9 Å². The Balaban J connectivity index is 0.00000110. The van der Waals surface area contributed by atoms with Crippen LogP contribution in [0.2, 0.25) is 0 Å². The van der Waals surface area contributed by atoms with Gasteiger partial charge in [-0.15, -0.1) is 0 Å². The SMILES string of the molecule is O.[Rh].c1ccc(P(c2ccccc2)c2ccccc2)cc1. The van der Waals surface area contributed by atoms with Crippen molar-refractivity contribution in [2.45, 2.75) is 0 Å². The first-order valence-corrected chi connectivity index (χ1v) is 7.74. The summed E-state index contributed by atoms with van der Waals surface area (Å²) in [7, 11) is -0.446. The number of hydrogen-bond acceptors (Lipinski definition) is 0. The van der Waals surface area contributed by atoms with Gasteiger partial charge in [-0.05, 0) is 23.8 Å². The second kappa shape index (κ2) is 8.85. The first-order valence-electron chi connectivity index (χ1n) is 6.40. The van der Waals surface area contributed by atoms with Gasteiger partial charge in [0.25, 0.3) is 0 Å². The molecule has 0 heterocycles. The van der Waals surface area contributed by atoms with Crippen LogP contribution in [0.5, 0.6) is 0 Å². The van der Waals surface area contributed by atoms with Gasteiger partial charge in [0.2, 0.25) is 0 Å². The Labute approximate surface area is 139 Å². The quantitative estimate of drug-likeness (QED) is 0.492. The topological polar surface area (TPSA) is 31.5 Å².